The number of Topliss-reactive ketones (excluding diaryl/α,β-unsaturated/α-hetero) is 1. The number of halogens is 1. The molecule has 1 aromatic carbocycles. The predicted octanol–water partition coefficient (Wildman–Crippen LogP) is 3.84. The van der Waals surface area contributed by atoms with Crippen LogP contribution in [-0.4, -0.2) is 40.1 Å². The number of hydrazine groups is 1. The molecule has 6 nitrogen and oxygen atoms in total. The number of ketones is 1. The van der Waals surface area contributed by atoms with Crippen molar-refractivity contribution in [2.75, 3.05) is 6.54 Å². The van der Waals surface area contributed by atoms with Gasteiger partial charge in [0.05, 0.1) is 16.7 Å². The van der Waals surface area contributed by atoms with E-state index < -0.39 is 36.1 Å². The highest BCUT2D eigenvalue weighted by molar-refractivity contribution is 7.12. The molecular formula is C22H19ClN2O4S. The van der Waals surface area contributed by atoms with E-state index in [-0.39, 0.29) is 17.3 Å². The van der Waals surface area contributed by atoms with Gasteiger partial charge < -0.3 is 0 Å². The Hall–Kier alpha value is -2.77. The Balaban J connectivity index is 1.70. The molecule has 3 amide bonds. The number of amides is 3. The lowest BCUT2D eigenvalue weighted by molar-refractivity contribution is -0.154. The minimum atomic E-state index is -0.600. The van der Waals surface area contributed by atoms with Crippen LogP contribution in [0.1, 0.15) is 33.4 Å². The van der Waals surface area contributed by atoms with Crippen molar-refractivity contribution in [2.45, 2.75) is 13.3 Å². The number of thiophene rings is 1. The molecule has 8 heteroatoms. The molecule has 1 saturated heterocycles. The number of carbonyl (C=O) groups excluding carboxylic acids is 4. The van der Waals surface area contributed by atoms with Crippen molar-refractivity contribution < 1.29 is 19.2 Å². The molecule has 1 aliphatic carbocycles. The Morgan fingerprint density at radius 3 is 2.53 bits per heavy atom. The van der Waals surface area contributed by atoms with Gasteiger partial charge in [0.2, 0.25) is 0 Å². The number of rotatable bonds is 5. The van der Waals surface area contributed by atoms with Gasteiger partial charge in [-0.05, 0) is 48.1 Å². The Morgan fingerprint density at radius 2 is 1.90 bits per heavy atom. The van der Waals surface area contributed by atoms with Gasteiger partial charge in [-0.1, -0.05) is 36.7 Å². The standard InChI is InChI=1S/C22H19ClN2O4S/c1-13-4-2-5-16-19(13)22(29)25(21(16)28)24(12-17(26)18-6-3-11-30-18)20(27)14-7-9-15(23)10-8-14/h2-4,6-11,13,16,19H,5,12H2,1H3/t13-,16-,19-/m1/s1. The first-order valence-corrected chi connectivity index (χ1v) is 10.8. The van der Waals surface area contributed by atoms with Crippen molar-refractivity contribution in [3.8, 4) is 0 Å². The van der Waals surface area contributed by atoms with E-state index in [1.807, 2.05) is 19.1 Å². The number of allylic oxidation sites excluding steroid dienone is 2. The smallest absolute Gasteiger partial charge is 0.273 e. The van der Waals surface area contributed by atoms with Crippen LogP contribution in [-0.2, 0) is 9.59 Å². The quantitative estimate of drug-likeness (QED) is 0.400. The topological polar surface area (TPSA) is 74.8 Å². The fourth-order valence-electron chi connectivity index (χ4n) is 3.99. The molecule has 0 bridgehead atoms. The van der Waals surface area contributed by atoms with Crippen molar-refractivity contribution >= 4 is 46.4 Å². The van der Waals surface area contributed by atoms with Gasteiger partial charge >= 0.3 is 0 Å². The Morgan fingerprint density at radius 1 is 1.17 bits per heavy atom. The van der Waals surface area contributed by atoms with Crippen molar-refractivity contribution in [3.63, 3.8) is 0 Å². The summed E-state index contributed by atoms with van der Waals surface area (Å²) < 4.78 is 0. The molecule has 154 valence electrons. The van der Waals surface area contributed by atoms with E-state index in [4.69, 9.17) is 11.6 Å². The number of benzene rings is 1. The lowest BCUT2D eigenvalue weighted by Crippen LogP contribution is -2.52. The third kappa shape index (κ3) is 3.59. The Bertz CT molecular complexity index is 1030. The highest BCUT2D eigenvalue weighted by atomic mass is 35.5. The van der Waals surface area contributed by atoms with Gasteiger partial charge in [0.15, 0.2) is 5.78 Å². The first kappa shape index (κ1) is 20.5. The van der Waals surface area contributed by atoms with Gasteiger partial charge in [0, 0.05) is 10.6 Å². The van der Waals surface area contributed by atoms with Crippen LogP contribution < -0.4 is 0 Å². The van der Waals surface area contributed by atoms with Gasteiger partial charge in [-0.25, -0.2) is 5.01 Å². The highest BCUT2D eigenvalue weighted by Gasteiger charge is 2.53. The van der Waals surface area contributed by atoms with Crippen LogP contribution in [0, 0.1) is 17.8 Å². The molecule has 0 spiro atoms. The van der Waals surface area contributed by atoms with Crippen molar-refractivity contribution in [1.82, 2.24) is 10.0 Å². The molecule has 1 fully saturated rings. The van der Waals surface area contributed by atoms with Gasteiger partial charge in [-0.15, -0.1) is 11.3 Å². The van der Waals surface area contributed by atoms with Gasteiger partial charge in [-0.3, -0.25) is 19.2 Å². The summed E-state index contributed by atoms with van der Waals surface area (Å²) >= 11 is 7.16. The number of imide groups is 1. The van der Waals surface area contributed by atoms with Crippen molar-refractivity contribution in [2.24, 2.45) is 17.8 Å². The van der Waals surface area contributed by atoms with Crippen LogP contribution in [0.2, 0.25) is 5.02 Å². The maximum absolute atomic E-state index is 13.3. The minimum Gasteiger partial charge on any atom is -0.291 e. The summed E-state index contributed by atoms with van der Waals surface area (Å²) in [6.45, 7) is 1.48. The predicted molar refractivity (Wildman–Crippen MR) is 113 cm³/mol. The molecule has 0 unspecified atom stereocenters. The summed E-state index contributed by atoms with van der Waals surface area (Å²) in [6, 6.07) is 9.50. The maximum atomic E-state index is 13.3. The zero-order chi connectivity index (χ0) is 21.4. The van der Waals surface area contributed by atoms with Crippen LogP contribution in [0.4, 0.5) is 0 Å². The normalized spacial score (nSPS) is 22.9. The SMILES string of the molecule is C[C@@H]1C=CC[C@H]2C(=O)N(N(CC(=O)c3cccs3)C(=O)c3ccc(Cl)cc3)C(=O)[C@H]12. The first-order chi connectivity index (χ1) is 14.4. The summed E-state index contributed by atoms with van der Waals surface area (Å²) in [4.78, 5) is 52.9. The Labute approximate surface area is 182 Å². The molecule has 3 atom stereocenters. The van der Waals surface area contributed by atoms with Crippen molar-refractivity contribution in [1.29, 1.82) is 0 Å². The molecule has 2 aromatic rings. The van der Waals surface area contributed by atoms with Crippen LogP contribution in [0.3, 0.4) is 0 Å². The number of hydrogen-bond donors (Lipinski definition) is 0. The largest absolute Gasteiger partial charge is 0.291 e. The molecule has 4 rings (SSSR count). The molecule has 1 aliphatic heterocycles. The van der Waals surface area contributed by atoms with Crippen LogP contribution >= 0.6 is 22.9 Å². The van der Waals surface area contributed by atoms with Crippen molar-refractivity contribution in [3.05, 3.63) is 69.4 Å². The summed E-state index contributed by atoms with van der Waals surface area (Å²) in [5.41, 5.74) is 0.236. The molecule has 0 radical (unpaired) electrons. The summed E-state index contributed by atoms with van der Waals surface area (Å²) in [7, 11) is 0. The maximum Gasteiger partial charge on any atom is 0.273 e. The van der Waals surface area contributed by atoms with Crippen LogP contribution in [0.5, 0.6) is 0 Å². The second-order valence-corrected chi connectivity index (χ2v) is 8.80. The highest BCUT2D eigenvalue weighted by Crippen LogP contribution is 2.39. The second kappa shape index (κ2) is 8.16. The van der Waals surface area contributed by atoms with E-state index in [9.17, 15) is 19.2 Å². The fraction of sp³-hybridized carbons (Fsp3) is 0.273. The minimum absolute atomic E-state index is 0.120. The van der Waals surface area contributed by atoms with E-state index in [0.29, 0.717) is 16.3 Å². The summed E-state index contributed by atoms with van der Waals surface area (Å²) in [5.74, 6) is -2.99. The van der Waals surface area contributed by atoms with Gasteiger partial charge in [0.1, 0.15) is 6.54 Å². The van der Waals surface area contributed by atoms with Crippen LogP contribution in [0.15, 0.2) is 53.9 Å². The Kier molecular flexibility index (Phi) is 5.58. The lowest BCUT2D eigenvalue weighted by Gasteiger charge is -2.30. The third-order valence-corrected chi connectivity index (χ3v) is 6.67. The summed E-state index contributed by atoms with van der Waals surface area (Å²) in [6.07, 6.45) is 4.25. The molecule has 2 aliphatic rings. The fourth-order valence-corrected chi connectivity index (χ4v) is 4.78. The molecule has 2 heterocycles. The number of hydrogen-bond acceptors (Lipinski definition) is 5. The zero-order valence-electron chi connectivity index (χ0n) is 16.2. The van der Waals surface area contributed by atoms with E-state index in [1.54, 1.807) is 29.6 Å². The molecular weight excluding hydrogens is 424 g/mol. The van der Waals surface area contributed by atoms with Gasteiger partial charge in [0.25, 0.3) is 17.7 Å². The average molecular weight is 443 g/mol. The van der Waals surface area contributed by atoms with Gasteiger partial charge in [-0.2, -0.15) is 5.01 Å². The first-order valence-electron chi connectivity index (χ1n) is 9.57. The number of fused-ring (bicyclic) bond motifs is 1. The molecule has 1 aromatic heterocycles. The third-order valence-electron chi connectivity index (χ3n) is 5.51. The van der Waals surface area contributed by atoms with E-state index in [2.05, 4.69) is 0 Å². The van der Waals surface area contributed by atoms with E-state index in [1.165, 1.54) is 23.5 Å². The monoisotopic (exact) mass is 442 g/mol. The number of carbonyl (C=O) groups is 4. The summed E-state index contributed by atoms with van der Waals surface area (Å²) in [5, 5.41) is 4.08. The second-order valence-electron chi connectivity index (χ2n) is 7.41. The van der Waals surface area contributed by atoms with E-state index in [0.717, 1.165) is 10.0 Å². The average Bonchev–Trinajstić information content (AvgIpc) is 3.35. The molecule has 0 saturated carbocycles. The lowest BCUT2D eigenvalue weighted by atomic mass is 9.78. The van der Waals surface area contributed by atoms with E-state index >= 15 is 0 Å². The zero-order valence-corrected chi connectivity index (χ0v) is 17.7. The molecule has 0 N–H and O–H groups in total. The number of nitrogens with zero attached hydrogens (tertiary/aromatic N) is 2. The molecule has 30 heavy (non-hydrogen) atoms. The van der Waals surface area contributed by atoms with Crippen LogP contribution in [0.25, 0.3) is 0 Å².